The molecule has 0 aliphatic rings. The van der Waals surface area contributed by atoms with Gasteiger partial charge in [-0.1, -0.05) is 44.5 Å². The number of halogens is 1. The second kappa shape index (κ2) is 5.52. The summed E-state index contributed by atoms with van der Waals surface area (Å²) in [5, 5.41) is 9.45. The van der Waals surface area contributed by atoms with Gasteiger partial charge in [-0.2, -0.15) is 0 Å². The molecule has 102 valence electrons. The Balaban J connectivity index is 2.25. The Morgan fingerprint density at radius 3 is 2.25 bits per heavy atom. The van der Waals surface area contributed by atoms with Crippen LogP contribution in [0.1, 0.15) is 26.3 Å². The van der Waals surface area contributed by atoms with Crippen molar-refractivity contribution in [1.82, 2.24) is 0 Å². The van der Waals surface area contributed by atoms with Crippen LogP contribution in [-0.2, 0) is 5.41 Å². The molecule has 0 bridgehead atoms. The summed E-state index contributed by atoms with van der Waals surface area (Å²) in [6.07, 6.45) is 0. The van der Waals surface area contributed by atoms with E-state index < -0.39 is 0 Å². The number of diazo groups is 1. The Morgan fingerprint density at radius 1 is 1.05 bits per heavy atom. The average Bonchev–Trinajstić information content (AvgIpc) is 2.40. The molecule has 0 aliphatic heterocycles. The van der Waals surface area contributed by atoms with Gasteiger partial charge in [0.05, 0.1) is 6.07 Å². The van der Waals surface area contributed by atoms with Gasteiger partial charge in [-0.3, -0.25) is 0 Å². The first-order valence-corrected chi connectivity index (χ1v) is 6.71. The van der Waals surface area contributed by atoms with Crippen LogP contribution < -0.4 is 4.74 Å². The van der Waals surface area contributed by atoms with Gasteiger partial charge in [-0.25, -0.2) is 0 Å². The quantitative estimate of drug-likeness (QED) is 0.643. The largest absolute Gasteiger partial charge is 0.449 e. The van der Waals surface area contributed by atoms with Crippen LogP contribution >= 0.6 is 11.6 Å². The van der Waals surface area contributed by atoms with Crippen LogP contribution in [-0.4, -0.2) is 0 Å². The molecule has 0 spiro atoms. The number of nitrogens with zero attached hydrogens (tertiary/aromatic N) is 2. The fraction of sp³-hybridized carbons (Fsp3) is 0.250. The number of benzene rings is 2. The maximum Gasteiger partial charge on any atom is 0.428 e. The van der Waals surface area contributed by atoms with Crippen LogP contribution in [0.15, 0.2) is 42.5 Å². The van der Waals surface area contributed by atoms with E-state index in [9.17, 15) is 0 Å². The lowest BCUT2D eigenvalue weighted by Gasteiger charge is -2.19. The van der Waals surface area contributed by atoms with E-state index in [-0.39, 0.29) is 5.41 Å². The Bertz CT molecular complexity index is 652. The third-order valence-electron chi connectivity index (χ3n) is 2.98. The van der Waals surface area contributed by atoms with Gasteiger partial charge in [-0.05, 0) is 35.2 Å². The smallest absolute Gasteiger partial charge is 0.428 e. The molecule has 0 amide bonds. The predicted octanol–water partition coefficient (Wildman–Crippen LogP) is 5.91. The Kier molecular flexibility index (Phi) is 3.96. The molecule has 0 aliphatic carbocycles. The Labute approximate surface area is 123 Å². The molecular formula is C16H16ClN2O+. The van der Waals surface area contributed by atoms with E-state index in [0.717, 1.165) is 0 Å². The first-order valence-electron chi connectivity index (χ1n) is 6.33. The zero-order valence-corrected chi connectivity index (χ0v) is 12.5. The van der Waals surface area contributed by atoms with E-state index in [1.54, 1.807) is 18.2 Å². The van der Waals surface area contributed by atoms with Gasteiger partial charge in [0.1, 0.15) is 5.75 Å². The van der Waals surface area contributed by atoms with E-state index in [1.165, 1.54) is 5.56 Å². The lowest BCUT2D eigenvalue weighted by Crippen LogP contribution is -2.10. The molecule has 0 radical (unpaired) electrons. The summed E-state index contributed by atoms with van der Waals surface area (Å²) >= 11 is 5.84. The lowest BCUT2D eigenvalue weighted by molar-refractivity contribution is 0.484. The fourth-order valence-corrected chi connectivity index (χ4v) is 1.97. The molecular weight excluding hydrogens is 272 g/mol. The van der Waals surface area contributed by atoms with E-state index >= 15 is 0 Å². The topological polar surface area (TPSA) is 37.4 Å². The van der Waals surface area contributed by atoms with Crippen LogP contribution in [0.4, 0.5) is 5.69 Å². The number of rotatable bonds is 2. The maximum atomic E-state index is 8.96. The minimum Gasteiger partial charge on any atom is -0.449 e. The minimum atomic E-state index is 0.102. The van der Waals surface area contributed by atoms with Gasteiger partial charge in [0, 0.05) is 5.02 Å². The number of hydrogen-bond acceptors (Lipinski definition) is 2. The first-order chi connectivity index (χ1) is 9.40. The molecule has 0 saturated heterocycles. The zero-order valence-electron chi connectivity index (χ0n) is 11.7. The van der Waals surface area contributed by atoms with Crippen molar-refractivity contribution in [3.05, 3.63) is 58.0 Å². The summed E-state index contributed by atoms with van der Waals surface area (Å²) in [5.74, 6) is 1.14. The van der Waals surface area contributed by atoms with Gasteiger partial charge in [0.15, 0.2) is 4.98 Å². The van der Waals surface area contributed by atoms with Crippen molar-refractivity contribution in [2.24, 2.45) is 0 Å². The monoisotopic (exact) mass is 287 g/mol. The van der Waals surface area contributed by atoms with Gasteiger partial charge < -0.3 is 4.74 Å². The van der Waals surface area contributed by atoms with Crippen molar-refractivity contribution in [1.29, 1.82) is 5.39 Å². The van der Waals surface area contributed by atoms with E-state index in [1.807, 2.05) is 24.3 Å². The molecule has 4 heteroatoms. The standard InChI is InChI=1S/C16H16ClN2O/c1-16(2,3)11-4-7-13(8-5-11)20-15-9-6-12(17)10-14(15)19-18/h4-10H,1-3H3/q+1. The second-order valence-corrected chi connectivity index (χ2v) is 6.02. The zero-order chi connectivity index (χ0) is 14.8. The SMILES string of the molecule is CC(C)(C)c1ccc(Oc2ccc(Cl)cc2[N+]#N)cc1. The summed E-state index contributed by atoms with van der Waals surface area (Å²) < 4.78 is 5.71. The molecule has 2 aromatic rings. The molecule has 0 fully saturated rings. The van der Waals surface area contributed by atoms with Crippen molar-refractivity contribution in [3.8, 4) is 11.5 Å². The minimum absolute atomic E-state index is 0.102. The predicted molar refractivity (Wildman–Crippen MR) is 81.4 cm³/mol. The summed E-state index contributed by atoms with van der Waals surface area (Å²) in [5.41, 5.74) is 1.63. The number of ether oxygens (including phenoxy) is 1. The molecule has 0 unspecified atom stereocenters. The summed E-state index contributed by atoms with van der Waals surface area (Å²) in [6, 6.07) is 12.8. The van der Waals surface area contributed by atoms with Crippen molar-refractivity contribution in [3.63, 3.8) is 0 Å². The van der Waals surface area contributed by atoms with E-state index in [0.29, 0.717) is 22.2 Å². The van der Waals surface area contributed by atoms with Crippen LogP contribution in [0.5, 0.6) is 11.5 Å². The average molecular weight is 288 g/mol. The molecule has 0 atom stereocenters. The van der Waals surface area contributed by atoms with Gasteiger partial charge in [0.2, 0.25) is 11.1 Å². The normalized spacial score (nSPS) is 10.9. The van der Waals surface area contributed by atoms with E-state index in [2.05, 4.69) is 25.7 Å². The molecule has 2 aromatic carbocycles. The van der Waals surface area contributed by atoms with Gasteiger partial charge in [-0.15, -0.1) is 0 Å². The molecule has 3 nitrogen and oxygen atoms in total. The summed E-state index contributed by atoms with van der Waals surface area (Å²) in [7, 11) is 0. The van der Waals surface area contributed by atoms with Crippen LogP contribution in [0.2, 0.25) is 5.02 Å². The Morgan fingerprint density at radius 2 is 1.70 bits per heavy atom. The highest BCUT2D eigenvalue weighted by Gasteiger charge is 2.17. The van der Waals surface area contributed by atoms with Crippen molar-refractivity contribution < 1.29 is 4.74 Å². The summed E-state index contributed by atoms with van der Waals surface area (Å²) in [4.78, 5) is 3.17. The maximum absolute atomic E-state index is 8.96. The first kappa shape index (κ1) is 14.4. The van der Waals surface area contributed by atoms with Crippen LogP contribution in [0.25, 0.3) is 4.98 Å². The van der Waals surface area contributed by atoms with Gasteiger partial charge in [0.25, 0.3) is 0 Å². The van der Waals surface area contributed by atoms with E-state index in [4.69, 9.17) is 21.7 Å². The molecule has 0 aromatic heterocycles. The molecule has 20 heavy (non-hydrogen) atoms. The Hall–Kier alpha value is -2.05. The van der Waals surface area contributed by atoms with Crippen LogP contribution in [0, 0.1) is 5.39 Å². The van der Waals surface area contributed by atoms with Crippen molar-refractivity contribution in [2.75, 3.05) is 0 Å². The van der Waals surface area contributed by atoms with Crippen LogP contribution in [0.3, 0.4) is 0 Å². The lowest BCUT2D eigenvalue weighted by atomic mass is 9.87. The highest BCUT2D eigenvalue weighted by atomic mass is 35.5. The molecule has 2 rings (SSSR count). The molecule has 0 saturated carbocycles. The molecule has 0 heterocycles. The van der Waals surface area contributed by atoms with Crippen molar-refractivity contribution in [2.45, 2.75) is 26.2 Å². The summed E-state index contributed by atoms with van der Waals surface area (Å²) in [6.45, 7) is 6.47. The third-order valence-corrected chi connectivity index (χ3v) is 3.21. The van der Waals surface area contributed by atoms with Gasteiger partial charge >= 0.3 is 5.69 Å². The molecule has 0 N–H and O–H groups in total. The highest BCUT2D eigenvalue weighted by molar-refractivity contribution is 6.30. The second-order valence-electron chi connectivity index (χ2n) is 5.59. The fourth-order valence-electron chi connectivity index (χ4n) is 1.80. The third kappa shape index (κ3) is 3.28. The number of hydrogen-bond donors (Lipinski definition) is 0. The highest BCUT2D eigenvalue weighted by Crippen LogP contribution is 2.34. The van der Waals surface area contributed by atoms with Crippen molar-refractivity contribution >= 4 is 17.3 Å².